The molecule has 0 N–H and O–H groups in total. The first-order valence-electron chi connectivity index (χ1n) is 5.12. The van der Waals surface area contributed by atoms with Gasteiger partial charge in [0.2, 0.25) is 0 Å². The molecule has 0 aromatic rings. The van der Waals surface area contributed by atoms with Gasteiger partial charge >= 0.3 is 0 Å². The molecule has 0 bridgehead atoms. The molecule has 0 nitrogen and oxygen atoms in total. The lowest BCUT2D eigenvalue weighted by Gasteiger charge is -2.14. The lowest BCUT2D eigenvalue weighted by molar-refractivity contribution is 0.369. The van der Waals surface area contributed by atoms with E-state index in [9.17, 15) is 0 Å². The van der Waals surface area contributed by atoms with Gasteiger partial charge < -0.3 is 0 Å². The van der Waals surface area contributed by atoms with Gasteiger partial charge in [-0.25, -0.2) is 0 Å². The Balaban J connectivity index is 2.12. The maximum absolute atomic E-state index is 2.44. The van der Waals surface area contributed by atoms with Crippen molar-refractivity contribution in [1.29, 1.82) is 0 Å². The zero-order valence-electron chi connectivity index (χ0n) is 8.14. The van der Waals surface area contributed by atoms with Gasteiger partial charge in [0, 0.05) is 0 Å². The van der Waals surface area contributed by atoms with E-state index in [0.29, 0.717) is 5.41 Å². The van der Waals surface area contributed by atoms with Crippen LogP contribution in [0.15, 0.2) is 23.8 Å². The molecule has 2 atom stereocenters. The molecule has 0 spiro atoms. The summed E-state index contributed by atoms with van der Waals surface area (Å²) in [5, 5.41) is 0. The van der Waals surface area contributed by atoms with E-state index < -0.39 is 0 Å². The Bertz CT molecular complexity index is 234. The molecular formula is C12H18. The number of allylic oxidation sites excluding steroid dienone is 4. The highest BCUT2D eigenvalue weighted by Gasteiger charge is 2.55. The third-order valence-electron chi connectivity index (χ3n) is 3.63. The Labute approximate surface area is 75.4 Å². The Kier molecular flexibility index (Phi) is 1.86. The summed E-state index contributed by atoms with van der Waals surface area (Å²) in [5.41, 5.74) is 2.34. The third kappa shape index (κ3) is 1.05. The second-order valence-corrected chi connectivity index (χ2v) is 4.36. The smallest absolute Gasteiger partial charge is 0.00444 e. The van der Waals surface area contributed by atoms with Crippen molar-refractivity contribution in [2.75, 3.05) is 0 Å². The Morgan fingerprint density at radius 3 is 2.83 bits per heavy atom. The summed E-state index contributed by atoms with van der Waals surface area (Å²) >= 11 is 0. The van der Waals surface area contributed by atoms with Crippen LogP contribution in [-0.2, 0) is 0 Å². The van der Waals surface area contributed by atoms with Gasteiger partial charge in [0.15, 0.2) is 0 Å². The molecule has 0 radical (unpaired) electrons. The van der Waals surface area contributed by atoms with Gasteiger partial charge in [0.25, 0.3) is 0 Å². The second kappa shape index (κ2) is 2.76. The maximum Gasteiger partial charge on any atom is -0.00444 e. The molecule has 0 saturated heterocycles. The van der Waals surface area contributed by atoms with Gasteiger partial charge in [-0.15, -0.1) is 0 Å². The van der Waals surface area contributed by atoms with E-state index in [1.54, 1.807) is 5.57 Å². The summed E-state index contributed by atoms with van der Waals surface area (Å²) in [7, 11) is 0. The van der Waals surface area contributed by atoms with Crippen molar-refractivity contribution in [3.63, 3.8) is 0 Å². The zero-order valence-corrected chi connectivity index (χ0v) is 8.14. The molecule has 2 aliphatic rings. The Morgan fingerprint density at radius 2 is 2.25 bits per heavy atom. The van der Waals surface area contributed by atoms with E-state index in [2.05, 4.69) is 32.1 Å². The molecule has 0 heteroatoms. The van der Waals surface area contributed by atoms with Gasteiger partial charge in [0.1, 0.15) is 0 Å². The monoisotopic (exact) mass is 162 g/mol. The third-order valence-corrected chi connectivity index (χ3v) is 3.63. The highest BCUT2D eigenvalue weighted by atomic mass is 14.6. The average Bonchev–Trinajstić information content (AvgIpc) is 2.67. The molecular weight excluding hydrogens is 144 g/mol. The van der Waals surface area contributed by atoms with Crippen molar-refractivity contribution >= 4 is 0 Å². The van der Waals surface area contributed by atoms with Crippen LogP contribution in [-0.4, -0.2) is 0 Å². The molecule has 0 heterocycles. The lowest BCUT2D eigenvalue weighted by atomic mass is 9.90. The number of rotatable bonds is 1. The summed E-state index contributed by atoms with van der Waals surface area (Å²) in [6.45, 7) is 4.53. The van der Waals surface area contributed by atoms with E-state index in [1.807, 2.05) is 0 Å². The standard InChI is InChI=1S/C12H18/c1-3-4-7-10-11-8-5-6-9-12(10,11)2/h3-4,7,11H,5-6,8-9H2,1-2H3. The summed E-state index contributed by atoms with van der Waals surface area (Å²) in [4.78, 5) is 0. The zero-order chi connectivity index (χ0) is 8.60. The van der Waals surface area contributed by atoms with Gasteiger partial charge in [0.05, 0.1) is 0 Å². The minimum absolute atomic E-state index is 0.623. The van der Waals surface area contributed by atoms with Crippen LogP contribution in [0.4, 0.5) is 0 Å². The molecule has 0 aromatic carbocycles. The molecule has 2 saturated carbocycles. The van der Waals surface area contributed by atoms with E-state index in [0.717, 1.165) is 5.92 Å². The van der Waals surface area contributed by atoms with Crippen LogP contribution < -0.4 is 0 Å². The molecule has 66 valence electrons. The van der Waals surface area contributed by atoms with E-state index >= 15 is 0 Å². The molecule has 2 rings (SSSR count). The number of hydrogen-bond donors (Lipinski definition) is 0. The van der Waals surface area contributed by atoms with Crippen molar-refractivity contribution in [3.05, 3.63) is 23.8 Å². The summed E-state index contributed by atoms with van der Waals surface area (Å²) in [5.74, 6) is 0.947. The van der Waals surface area contributed by atoms with Gasteiger partial charge in [-0.3, -0.25) is 0 Å². The topological polar surface area (TPSA) is 0 Å². The van der Waals surface area contributed by atoms with Crippen LogP contribution in [0.1, 0.15) is 39.5 Å². The largest absolute Gasteiger partial charge is 0.0877 e. The van der Waals surface area contributed by atoms with Crippen LogP contribution >= 0.6 is 0 Å². The summed E-state index contributed by atoms with van der Waals surface area (Å²) < 4.78 is 0. The van der Waals surface area contributed by atoms with Crippen LogP contribution in [0.25, 0.3) is 0 Å². The fourth-order valence-corrected chi connectivity index (χ4v) is 2.74. The Hall–Kier alpha value is -0.520. The fourth-order valence-electron chi connectivity index (χ4n) is 2.74. The molecule has 0 amide bonds. The van der Waals surface area contributed by atoms with Crippen molar-refractivity contribution in [1.82, 2.24) is 0 Å². The predicted molar refractivity (Wildman–Crippen MR) is 53.0 cm³/mol. The number of fused-ring (bicyclic) bond motifs is 1. The minimum Gasteiger partial charge on any atom is -0.0877 e. The van der Waals surface area contributed by atoms with Crippen LogP contribution in [0.5, 0.6) is 0 Å². The maximum atomic E-state index is 2.44. The van der Waals surface area contributed by atoms with Crippen LogP contribution in [0, 0.1) is 11.3 Å². The highest BCUT2D eigenvalue weighted by Crippen LogP contribution is 2.65. The first-order valence-corrected chi connectivity index (χ1v) is 5.12. The highest BCUT2D eigenvalue weighted by molar-refractivity contribution is 5.40. The van der Waals surface area contributed by atoms with Crippen molar-refractivity contribution in [2.45, 2.75) is 39.5 Å². The minimum atomic E-state index is 0.623. The Morgan fingerprint density at radius 1 is 1.42 bits per heavy atom. The first-order chi connectivity index (χ1) is 5.79. The molecule has 0 aliphatic heterocycles. The van der Waals surface area contributed by atoms with Gasteiger partial charge in [-0.1, -0.05) is 43.6 Å². The molecule has 2 fully saturated rings. The van der Waals surface area contributed by atoms with Crippen molar-refractivity contribution in [2.24, 2.45) is 11.3 Å². The quantitative estimate of drug-likeness (QED) is 0.551. The summed E-state index contributed by atoms with van der Waals surface area (Å²) in [6, 6.07) is 0. The molecule has 0 aromatic heterocycles. The lowest BCUT2D eigenvalue weighted by Crippen LogP contribution is -2.03. The van der Waals surface area contributed by atoms with E-state index in [4.69, 9.17) is 0 Å². The van der Waals surface area contributed by atoms with Crippen LogP contribution in [0.3, 0.4) is 0 Å². The molecule has 12 heavy (non-hydrogen) atoms. The van der Waals surface area contributed by atoms with Crippen molar-refractivity contribution < 1.29 is 0 Å². The van der Waals surface area contributed by atoms with Gasteiger partial charge in [-0.2, -0.15) is 0 Å². The number of hydrogen-bond acceptors (Lipinski definition) is 0. The average molecular weight is 162 g/mol. The molecule has 2 unspecified atom stereocenters. The fraction of sp³-hybridized carbons (Fsp3) is 0.667. The SMILES string of the molecule is CC=CC=C1C2CCCCC12C. The second-order valence-electron chi connectivity index (χ2n) is 4.36. The van der Waals surface area contributed by atoms with E-state index in [1.165, 1.54) is 25.7 Å². The van der Waals surface area contributed by atoms with Gasteiger partial charge in [-0.05, 0) is 31.1 Å². The summed E-state index contributed by atoms with van der Waals surface area (Å²) in [6.07, 6.45) is 12.4. The van der Waals surface area contributed by atoms with Crippen LogP contribution in [0.2, 0.25) is 0 Å². The van der Waals surface area contributed by atoms with E-state index in [-0.39, 0.29) is 0 Å². The van der Waals surface area contributed by atoms with Crippen molar-refractivity contribution in [3.8, 4) is 0 Å². The normalized spacial score (nSPS) is 43.5. The first kappa shape index (κ1) is 8.10. The molecule has 2 aliphatic carbocycles. The predicted octanol–water partition coefficient (Wildman–Crippen LogP) is 3.70.